The van der Waals surface area contributed by atoms with E-state index < -0.39 is 16.0 Å². The van der Waals surface area contributed by atoms with Crippen molar-refractivity contribution in [3.8, 4) is 10.7 Å². The molecular formula is C13H19N5O6S2. The standard InChI is InChI=1S/C13H19N5O6S2/c1-10(19)24-18-13(14-15-16-18)11-4-5-12(25-11)26(20,21)17(2)6-7-23-9-8-22-3/h4-5H,6-9H2,1-3H3. The number of ether oxygens (including phenoxy) is 2. The number of thiophene rings is 1. The third-order valence-electron chi connectivity index (χ3n) is 3.11. The molecule has 2 aromatic heterocycles. The number of carbonyl (C=O) groups excluding carboxylic acids is 1. The predicted molar refractivity (Wildman–Crippen MR) is 90.9 cm³/mol. The summed E-state index contributed by atoms with van der Waals surface area (Å²) in [6, 6.07) is 3.00. The number of nitrogens with zero attached hydrogens (tertiary/aromatic N) is 5. The highest BCUT2D eigenvalue weighted by molar-refractivity contribution is 7.91. The van der Waals surface area contributed by atoms with Crippen molar-refractivity contribution in [2.75, 3.05) is 40.5 Å². The fourth-order valence-corrected chi connectivity index (χ4v) is 4.43. The van der Waals surface area contributed by atoms with Gasteiger partial charge in [-0.05, 0) is 27.4 Å². The normalized spacial score (nSPS) is 11.8. The maximum atomic E-state index is 12.6. The van der Waals surface area contributed by atoms with E-state index in [1.54, 1.807) is 13.2 Å². The van der Waals surface area contributed by atoms with Gasteiger partial charge in [-0.25, -0.2) is 13.2 Å². The number of hydrogen-bond donors (Lipinski definition) is 0. The van der Waals surface area contributed by atoms with Crippen molar-refractivity contribution in [1.29, 1.82) is 0 Å². The van der Waals surface area contributed by atoms with Gasteiger partial charge in [0.15, 0.2) is 0 Å². The summed E-state index contributed by atoms with van der Waals surface area (Å²) in [6.07, 6.45) is 0. The molecule has 0 aliphatic heterocycles. The molecule has 0 amide bonds. The molecular weight excluding hydrogens is 386 g/mol. The maximum absolute atomic E-state index is 12.6. The van der Waals surface area contributed by atoms with Gasteiger partial charge in [0.1, 0.15) is 4.21 Å². The summed E-state index contributed by atoms with van der Waals surface area (Å²) >= 11 is 0.969. The van der Waals surface area contributed by atoms with E-state index in [1.165, 1.54) is 24.3 Å². The quantitative estimate of drug-likeness (QED) is 0.385. The van der Waals surface area contributed by atoms with Crippen LogP contribution in [-0.4, -0.2) is 79.6 Å². The van der Waals surface area contributed by atoms with Crippen molar-refractivity contribution < 1.29 is 27.5 Å². The van der Waals surface area contributed by atoms with Crippen LogP contribution < -0.4 is 4.84 Å². The molecule has 13 heteroatoms. The van der Waals surface area contributed by atoms with E-state index >= 15 is 0 Å². The molecule has 0 aliphatic rings. The summed E-state index contributed by atoms with van der Waals surface area (Å²) in [4.78, 5) is 17.2. The zero-order chi connectivity index (χ0) is 19.2. The van der Waals surface area contributed by atoms with Crippen LogP contribution in [0.15, 0.2) is 16.3 Å². The zero-order valence-corrected chi connectivity index (χ0v) is 16.1. The molecule has 0 N–H and O–H groups in total. The molecule has 0 spiro atoms. The largest absolute Gasteiger partial charge is 0.382 e. The Balaban J connectivity index is 2.08. The Hall–Kier alpha value is -1.93. The first-order valence-electron chi connectivity index (χ1n) is 7.46. The molecule has 0 saturated carbocycles. The molecule has 0 fully saturated rings. The maximum Gasteiger partial charge on any atom is 0.332 e. The van der Waals surface area contributed by atoms with Crippen molar-refractivity contribution >= 4 is 27.3 Å². The van der Waals surface area contributed by atoms with E-state index in [2.05, 4.69) is 15.5 Å². The molecule has 26 heavy (non-hydrogen) atoms. The number of sulfonamides is 1. The third-order valence-corrected chi connectivity index (χ3v) is 6.51. The monoisotopic (exact) mass is 405 g/mol. The smallest absolute Gasteiger partial charge is 0.332 e. The molecule has 0 unspecified atom stereocenters. The van der Waals surface area contributed by atoms with Crippen LogP contribution in [0.2, 0.25) is 0 Å². The average molecular weight is 405 g/mol. The van der Waals surface area contributed by atoms with E-state index in [-0.39, 0.29) is 23.2 Å². The number of methoxy groups -OCH3 is 1. The van der Waals surface area contributed by atoms with Crippen LogP contribution in [0, 0.1) is 0 Å². The second kappa shape index (κ2) is 9.14. The number of rotatable bonds is 10. The van der Waals surface area contributed by atoms with E-state index in [1.807, 2.05) is 0 Å². The van der Waals surface area contributed by atoms with Gasteiger partial charge < -0.3 is 14.3 Å². The number of aromatic nitrogens is 4. The first kappa shape index (κ1) is 20.4. The number of likely N-dealkylation sites (N-methyl/N-ethyl adjacent to an activating group) is 1. The van der Waals surface area contributed by atoms with Crippen molar-refractivity contribution in [2.45, 2.75) is 11.1 Å². The molecule has 0 aliphatic carbocycles. The Morgan fingerprint density at radius 1 is 1.31 bits per heavy atom. The van der Waals surface area contributed by atoms with Gasteiger partial charge in [0.05, 0.1) is 24.7 Å². The van der Waals surface area contributed by atoms with Crippen LogP contribution in [-0.2, 0) is 24.3 Å². The lowest BCUT2D eigenvalue weighted by Gasteiger charge is -2.15. The number of tetrazole rings is 1. The summed E-state index contributed by atoms with van der Waals surface area (Å²) in [6.45, 7) is 2.50. The fraction of sp³-hybridized carbons (Fsp3) is 0.538. The Kier molecular flexibility index (Phi) is 7.16. The highest BCUT2D eigenvalue weighted by Gasteiger charge is 2.24. The molecule has 0 radical (unpaired) electrons. The molecule has 0 atom stereocenters. The summed E-state index contributed by atoms with van der Waals surface area (Å²) in [7, 11) is -0.652. The van der Waals surface area contributed by atoms with Gasteiger partial charge >= 0.3 is 5.97 Å². The van der Waals surface area contributed by atoms with Crippen LogP contribution in [0.3, 0.4) is 0 Å². The minimum atomic E-state index is -3.68. The lowest BCUT2D eigenvalue weighted by Crippen LogP contribution is -2.30. The van der Waals surface area contributed by atoms with Crippen LogP contribution in [0.4, 0.5) is 0 Å². The summed E-state index contributed by atoms with van der Waals surface area (Å²) in [5, 5.41) is 10.7. The summed E-state index contributed by atoms with van der Waals surface area (Å²) in [5.41, 5.74) is 0. The Morgan fingerprint density at radius 3 is 2.77 bits per heavy atom. The van der Waals surface area contributed by atoms with E-state index in [4.69, 9.17) is 14.3 Å². The molecule has 0 bridgehead atoms. The second-order valence-corrected chi connectivity index (χ2v) is 8.36. The van der Waals surface area contributed by atoms with Crippen LogP contribution in [0.1, 0.15) is 6.92 Å². The van der Waals surface area contributed by atoms with Gasteiger partial charge in [-0.2, -0.15) is 4.31 Å². The van der Waals surface area contributed by atoms with E-state index in [9.17, 15) is 13.2 Å². The summed E-state index contributed by atoms with van der Waals surface area (Å²) < 4.78 is 36.7. The first-order chi connectivity index (χ1) is 12.4. The van der Waals surface area contributed by atoms with E-state index in [0.717, 1.165) is 16.2 Å². The average Bonchev–Trinajstić information content (AvgIpc) is 3.23. The highest BCUT2D eigenvalue weighted by atomic mass is 32.2. The van der Waals surface area contributed by atoms with Crippen molar-refractivity contribution in [1.82, 2.24) is 24.7 Å². The molecule has 2 heterocycles. The van der Waals surface area contributed by atoms with Crippen LogP contribution in [0.25, 0.3) is 10.7 Å². The van der Waals surface area contributed by atoms with Gasteiger partial charge in [-0.15, -0.1) is 16.4 Å². The summed E-state index contributed by atoms with van der Waals surface area (Å²) in [5.74, 6) is -0.464. The Morgan fingerprint density at radius 2 is 2.08 bits per heavy atom. The lowest BCUT2D eigenvalue weighted by molar-refractivity contribution is -0.143. The van der Waals surface area contributed by atoms with Gasteiger partial charge in [0.25, 0.3) is 10.0 Å². The topological polar surface area (TPSA) is 126 Å². The van der Waals surface area contributed by atoms with E-state index in [0.29, 0.717) is 18.1 Å². The van der Waals surface area contributed by atoms with Gasteiger partial charge in [0.2, 0.25) is 5.82 Å². The van der Waals surface area contributed by atoms with Crippen molar-refractivity contribution in [3.05, 3.63) is 12.1 Å². The SMILES string of the molecule is COCCOCCN(C)S(=O)(=O)c1ccc(-c2nnnn2OC(C)=O)s1. The Labute approximate surface area is 154 Å². The minimum Gasteiger partial charge on any atom is -0.382 e. The highest BCUT2D eigenvalue weighted by Crippen LogP contribution is 2.30. The van der Waals surface area contributed by atoms with Gasteiger partial charge in [-0.3, -0.25) is 0 Å². The molecule has 0 aromatic carbocycles. The number of hydrogen-bond acceptors (Lipinski definition) is 10. The fourth-order valence-electron chi connectivity index (χ4n) is 1.80. The van der Waals surface area contributed by atoms with Crippen LogP contribution >= 0.6 is 11.3 Å². The zero-order valence-electron chi connectivity index (χ0n) is 14.5. The Bertz CT molecular complexity index is 834. The molecule has 0 saturated heterocycles. The van der Waals surface area contributed by atoms with Gasteiger partial charge in [0, 0.05) is 27.6 Å². The van der Waals surface area contributed by atoms with Crippen LogP contribution in [0.5, 0.6) is 0 Å². The lowest BCUT2D eigenvalue weighted by atomic mass is 10.4. The first-order valence-corrected chi connectivity index (χ1v) is 9.72. The minimum absolute atomic E-state index is 0.115. The molecule has 2 aromatic rings. The third kappa shape index (κ3) is 5.04. The second-order valence-electron chi connectivity index (χ2n) is 5.01. The predicted octanol–water partition coefficient (Wildman–Crippen LogP) is -0.340. The van der Waals surface area contributed by atoms with Gasteiger partial charge in [-0.1, -0.05) is 0 Å². The number of carbonyl (C=O) groups is 1. The molecule has 11 nitrogen and oxygen atoms in total. The van der Waals surface area contributed by atoms with Crippen molar-refractivity contribution in [3.63, 3.8) is 0 Å². The molecule has 144 valence electrons. The molecule has 2 rings (SSSR count). The van der Waals surface area contributed by atoms with Crippen molar-refractivity contribution in [2.24, 2.45) is 0 Å².